The highest BCUT2D eigenvalue weighted by atomic mass is 32.1. The average molecular weight is 308 g/mol. The molecule has 0 unspecified atom stereocenters. The molecule has 0 aliphatic heterocycles. The molecule has 0 spiro atoms. The Morgan fingerprint density at radius 1 is 1.38 bits per heavy atom. The quantitative estimate of drug-likeness (QED) is 0.745. The van der Waals surface area contributed by atoms with Gasteiger partial charge in [0.05, 0.1) is 16.8 Å². The van der Waals surface area contributed by atoms with E-state index in [2.05, 4.69) is 27.2 Å². The van der Waals surface area contributed by atoms with Gasteiger partial charge in [0.25, 0.3) is 6.43 Å². The van der Waals surface area contributed by atoms with Gasteiger partial charge in [-0.2, -0.15) is 0 Å². The summed E-state index contributed by atoms with van der Waals surface area (Å²) in [6.45, 7) is 2.62. The fraction of sp³-hybridized carbons (Fsp3) is 0.286. The number of aromatic nitrogens is 3. The van der Waals surface area contributed by atoms with Crippen LogP contribution in [0.15, 0.2) is 24.4 Å². The third kappa shape index (κ3) is 3.02. The number of thiazole rings is 1. The summed E-state index contributed by atoms with van der Waals surface area (Å²) in [4.78, 5) is 11.4. The molecule has 1 aromatic carbocycles. The van der Waals surface area contributed by atoms with Crippen molar-refractivity contribution in [1.82, 2.24) is 15.0 Å². The van der Waals surface area contributed by atoms with Crippen LogP contribution in [-0.4, -0.2) is 15.0 Å². The summed E-state index contributed by atoms with van der Waals surface area (Å²) in [6, 6.07) is 5.42. The first kappa shape index (κ1) is 13.9. The molecule has 2 N–H and O–H groups in total. The van der Waals surface area contributed by atoms with Crippen LogP contribution in [0.1, 0.15) is 29.9 Å². The van der Waals surface area contributed by atoms with Crippen LogP contribution in [0.4, 0.5) is 14.5 Å². The zero-order valence-corrected chi connectivity index (χ0v) is 12.2. The molecule has 2 aromatic heterocycles. The average Bonchev–Trinajstić information content (AvgIpc) is 3.11. The van der Waals surface area contributed by atoms with Gasteiger partial charge in [0.15, 0.2) is 5.01 Å². The van der Waals surface area contributed by atoms with E-state index in [-0.39, 0.29) is 5.01 Å². The van der Waals surface area contributed by atoms with E-state index in [1.54, 1.807) is 6.07 Å². The predicted molar refractivity (Wildman–Crippen MR) is 79.9 cm³/mol. The Bertz CT molecular complexity index is 750. The highest BCUT2D eigenvalue weighted by Crippen LogP contribution is 2.30. The van der Waals surface area contributed by atoms with E-state index in [9.17, 15) is 8.78 Å². The standard InChI is InChI=1S/C14H14F2N4S/c1-2-8-6-18-12(19-8)7-17-9-3-4-10-11(5-9)21-14(20-10)13(15)16/h3-6,13,17H,2,7H2,1H3,(H,18,19). The molecule has 0 aliphatic carbocycles. The van der Waals surface area contributed by atoms with Crippen LogP contribution >= 0.6 is 11.3 Å². The summed E-state index contributed by atoms with van der Waals surface area (Å²) >= 11 is 1.02. The first-order chi connectivity index (χ1) is 10.2. The van der Waals surface area contributed by atoms with Crippen LogP contribution in [-0.2, 0) is 13.0 Å². The summed E-state index contributed by atoms with van der Waals surface area (Å²) in [5.74, 6) is 0.851. The number of hydrogen-bond acceptors (Lipinski definition) is 4. The number of aryl methyl sites for hydroxylation is 1. The fourth-order valence-electron chi connectivity index (χ4n) is 2.01. The molecule has 21 heavy (non-hydrogen) atoms. The molecular weight excluding hydrogens is 294 g/mol. The van der Waals surface area contributed by atoms with Crippen molar-refractivity contribution < 1.29 is 8.78 Å². The topological polar surface area (TPSA) is 53.6 Å². The highest BCUT2D eigenvalue weighted by Gasteiger charge is 2.13. The minimum absolute atomic E-state index is 0.138. The van der Waals surface area contributed by atoms with Gasteiger partial charge in [0.2, 0.25) is 0 Å². The Hall–Kier alpha value is -2.02. The maximum Gasteiger partial charge on any atom is 0.289 e. The number of aromatic amines is 1. The number of rotatable bonds is 5. The van der Waals surface area contributed by atoms with Crippen molar-refractivity contribution in [3.05, 3.63) is 40.9 Å². The van der Waals surface area contributed by atoms with Crippen LogP contribution < -0.4 is 5.32 Å². The van der Waals surface area contributed by atoms with Gasteiger partial charge in [0.1, 0.15) is 5.82 Å². The third-order valence-electron chi connectivity index (χ3n) is 3.11. The number of anilines is 1. The SMILES string of the molecule is CCc1cnc(CNc2ccc3nc(C(F)F)sc3c2)[nH]1. The van der Waals surface area contributed by atoms with Crippen LogP contribution in [0.3, 0.4) is 0 Å². The molecule has 110 valence electrons. The normalized spacial score (nSPS) is 11.4. The van der Waals surface area contributed by atoms with Crippen molar-refractivity contribution in [2.24, 2.45) is 0 Å². The molecule has 0 saturated heterocycles. The molecule has 0 fully saturated rings. The largest absolute Gasteiger partial charge is 0.378 e. The molecule has 7 heteroatoms. The Labute approximate surface area is 124 Å². The van der Waals surface area contributed by atoms with Gasteiger partial charge in [-0.25, -0.2) is 18.7 Å². The molecule has 0 atom stereocenters. The number of nitrogens with zero attached hydrogens (tertiary/aromatic N) is 2. The lowest BCUT2D eigenvalue weighted by molar-refractivity contribution is 0.151. The smallest absolute Gasteiger partial charge is 0.289 e. The molecule has 0 amide bonds. The molecule has 0 bridgehead atoms. The number of hydrogen-bond donors (Lipinski definition) is 2. The minimum atomic E-state index is -2.52. The van der Waals surface area contributed by atoms with Crippen molar-refractivity contribution in [3.63, 3.8) is 0 Å². The molecule has 0 aliphatic rings. The maximum absolute atomic E-state index is 12.6. The van der Waals surface area contributed by atoms with Gasteiger partial charge < -0.3 is 10.3 Å². The zero-order valence-electron chi connectivity index (χ0n) is 11.4. The molecule has 0 saturated carbocycles. The van der Waals surface area contributed by atoms with Crippen molar-refractivity contribution in [2.75, 3.05) is 5.32 Å². The van der Waals surface area contributed by atoms with Crippen molar-refractivity contribution >= 4 is 27.2 Å². The Kier molecular flexibility index (Phi) is 3.83. The number of H-pyrrole nitrogens is 1. The van der Waals surface area contributed by atoms with Gasteiger partial charge in [-0.1, -0.05) is 6.92 Å². The lowest BCUT2D eigenvalue weighted by Gasteiger charge is -2.04. The van der Waals surface area contributed by atoms with E-state index in [0.29, 0.717) is 12.1 Å². The van der Waals surface area contributed by atoms with Crippen LogP contribution in [0.25, 0.3) is 10.2 Å². The molecule has 2 heterocycles. The second-order valence-corrected chi connectivity index (χ2v) is 5.66. The summed E-state index contributed by atoms with van der Waals surface area (Å²) in [7, 11) is 0. The minimum Gasteiger partial charge on any atom is -0.378 e. The summed E-state index contributed by atoms with van der Waals surface area (Å²) in [5, 5.41) is 3.09. The molecule has 0 radical (unpaired) electrons. The molecular formula is C14H14F2N4S. The van der Waals surface area contributed by atoms with Crippen LogP contribution in [0.5, 0.6) is 0 Å². The lowest BCUT2D eigenvalue weighted by atomic mass is 10.3. The van der Waals surface area contributed by atoms with Crippen molar-refractivity contribution in [1.29, 1.82) is 0 Å². The first-order valence-corrected chi connectivity index (χ1v) is 7.42. The van der Waals surface area contributed by atoms with E-state index >= 15 is 0 Å². The first-order valence-electron chi connectivity index (χ1n) is 6.61. The van der Waals surface area contributed by atoms with E-state index in [1.807, 2.05) is 18.3 Å². The van der Waals surface area contributed by atoms with Crippen LogP contribution in [0.2, 0.25) is 0 Å². The third-order valence-corrected chi connectivity index (χ3v) is 4.14. The second kappa shape index (κ2) is 5.77. The highest BCUT2D eigenvalue weighted by molar-refractivity contribution is 7.18. The van der Waals surface area contributed by atoms with Gasteiger partial charge >= 0.3 is 0 Å². The number of nitrogens with one attached hydrogen (secondary N) is 2. The Morgan fingerprint density at radius 2 is 2.24 bits per heavy atom. The van der Waals surface area contributed by atoms with Gasteiger partial charge in [-0.3, -0.25) is 0 Å². The second-order valence-electron chi connectivity index (χ2n) is 4.60. The Morgan fingerprint density at radius 3 is 2.95 bits per heavy atom. The van der Waals surface area contributed by atoms with Crippen molar-refractivity contribution in [3.8, 4) is 0 Å². The molecule has 3 aromatic rings. The van der Waals surface area contributed by atoms with Gasteiger partial charge in [0, 0.05) is 17.6 Å². The summed E-state index contributed by atoms with van der Waals surface area (Å²) < 4.78 is 26.0. The lowest BCUT2D eigenvalue weighted by Crippen LogP contribution is -2.01. The predicted octanol–water partition coefficient (Wildman–Crippen LogP) is 4.13. The maximum atomic E-state index is 12.6. The number of benzene rings is 1. The van der Waals surface area contributed by atoms with E-state index < -0.39 is 6.43 Å². The fourth-order valence-corrected chi connectivity index (χ4v) is 2.87. The summed E-state index contributed by atoms with van der Waals surface area (Å²) in [5.41, 5.74) is 2.56. The number of alkyl halides is 2. The number of fused-ring (bicyclic) bond motifs is 1. The van der Waals surface area contributed by atoms with E-state index in [1.165, 1.54) is 0 Å². The Balaban J connectivity index is 1.74. The van der Waals surface area contributed by atoms with E-state index in [4.69, 9.17) is 0 Å². The molecule has 4 nitrogen and oxygen atoms in total. The number of imidazole rings is 1. The van der Waals surface area contributed by atoms with Gasteiger partial charge in [-0.05, 0) is 24.6 Å². The van der Waals surface area contributed by atoms with Gasteiger partial charge in [-0.15, -0.1) is 11.3 Å². The van der Waals surface area contributed by atoms with Crippen LogP contribution in [0, 0.1) is 0 Å². The van der Waals surface area contributed by atoms with Crippen molar-refractivity contribution in [2.45, 2.75) is 26.3 Å². The zero-order chi connectivity index (χ0) is 14.8. The van der Waals surface area contributed by atoms with E-state index in [0.717, 1.165) is 39.7 Å². The monoisotopic (exact) mass is 308 g/mol. The molecule has 3 rings (SSSR count). The summed E-state index contributed by atoms with van der Waals surface area (Å²) in [6.07, 6.45) is 0.212. The number of halogens is 2.